The monoisotopic (exact) mass is 437 g/mol. The smallest absolute Gasteiger partial charge is 0.268 e. The lowest BCUT2D eigenvalue weighted by molar-refractivity contribution is -0.132. The molecular formula is C23H24FN5O3. The van der Waals surface area contributed by atoms with Gasteiger partial charge in [-0.15, -0.1) is 0 Å². The van der Waals surface area contributed by atoms with E-state index < -0.39 is 17.3 Å². The molecule has 1 aliphatic heterocycles. The van der Waals surface area contributed by atoms with Crippen molar-refractivity contribution in [1.29, 1.82) is 0 Å². The van der Waals surface area contributed by atoms with Crippen LogP contribution < -0.4 is 10.9 Å². The van der Waals surface area contributed by atoms with E-state index in [2.05, 4.69) is 10.3 Å². The summed E-state index contributed by atoms with van der Waals surface area (Å²) in [5, 5.41) is 2.54. The Balaban J connectivity index is 1.60. The van der Waals surface area contributed by atoms with Gasteiger partial charge in [-0.3, -0.25) is 19.0 Å². The van der Waals surface area contributed by atoms with E-state index in [1.807, 2.05) is 10.8 Å². The van der Waals surface area contributed by atoms with Crippen LogP contribution in [0.5, 0.6) is 0 Å². The molecule has 0 aliphatic carbocycles. The molecule has 0 bridgehead atoms. The average Bonchev–Trinajstić information content (AvgIpc) is 3.32. The highest BCUT2D eigenvalue weighted by molar-refractivity contribution is 5.95. The van der Waals surface area contributed by atoms with Crippen LogP contribution in [0.3, 0.4) is 0 Å². The predicted molar refractivity (Wildman–Crippen MR) is 116 cm³/mol. The van der Waals surface area contributed by atoms with E-state index in [0.717, 1.165) is 5.56 Å². The van der Waals surface area contributed by atoms with Crippen molar-refractivity contribution >= 4 is 11.8 Å². The Morgan fingerprint density at radius 2 is 2.00 bits per heavy atom. The average molecular weight is 437 g/mol. The minimum absolute atomic E-state index is 0.0248. The fourth-order valence-electron chi connectivity index (χ4n) is 4.01. The molecule has 8 nitrogen and oxygen atoms in total. The van der Waals surface area contributed by atoms with Crippen LogP contribution in [0, 0.1) is 5.82 Å². The van der Waals surface area contributed by atoms with Crippen molar-refractivity contribution in [2.75, 3.05) is 13.6 Å². The quantitative estimate of drug-likeness (QED) is 0.638. The largest absolute Gasteiger partial charge is 0.355 e. The summed E-state index contributed by atoms with van der Waals surface area (Å²) in [5.74, 6) is -0.863. The molecule has 1 aliphatic rings. The lowest BCUT2D eigenvalue weighted by Crippen LogP contribution is -2.40. The third-order valence-corrected chi connectivity index (χ3v) is 5.68. The number of fused-ring (bicyclic) bond motifs is 1. The molecule has 0 saturated heterocycles. The van der Waals surface area contributed by atoms with Crippen molar-refractivity contribution in [3.63, 3.8) is 0 Å². The van der Waals surface area contributed by atoms with E-state index >= 15 is 0 Å². The minimum Gasteiger partial charge on any atom is -0.355 e. The summed E-state index contributed by atoms with van der Waals surface area (Å²) in [6, 6.07) is 5.49. The summed E-state index contributed by atoms with van der Waals surface area (Å²) in [7, 11) is 1.47. The van der Waals surface area contributed by atoms with Crippen molar-refractivity contribution in [1.82, 2.24) is 24.3 Å². The minimum atomic E-state index is -0.470. The van der Waals surface area contributed by atoms with Gasteiger partial charge in [-0.05, 0) is 48.2 Å². The fourth-order valence-corrected chi connectivity index (χ4v) is 4.01. The Hall–Kier alpha value is -3.75. The number of carbonyl (C=O) groups excluding carboxylic acids is 2. The number of carbonyl (C=O) groups is 2. The maximum Gasteiger partial charge on any atom is 0.268 e. The van der Waals surface area contributed by atoms with Crippen LogP contribution in [-0.4, -0.2) is 44.4 Å². The second kappa shape index (κ2) is 9.17. The van der Waals surface area contributed by atoms with Crippen molar-refractivity contribution in [2.45, 2.75) is 32.4 Å². The van der Waals surface area contributed by atoms with Gasteiger partial charge in [-0.1, -0.05) is 0 Å². The molecule has 2 aromatic heterocycles. The highest BCUT2D eigenvalue weighted by Gasteiger charge is 2.27. The Morgan fingerprint density at radius 1 is 1.22 bits per heavy atom. The van der Waals surface area contributed by atoms with Crippen LogP contribution >= 0.6 is 0 Å². The molecule has 32 heavy (non-hydrogen) atoms. The third-order valence-electron chi connectivity index (χ3n) is 5.68. The zero-order valence-corrected chi connectivity index (χ0v) is 17.8. The summed E-state index contributed by atoms with van der Waals surface area (Å²) in [6.45, 7) is 1.46. The molecular weight excluding hydrogens is 413 g/mol. The first-order chi connectivity index (χ1) is 15.5. The van der Waals surface area contributed by atoms with E-state index in [1.54, 1.807) is 23.6 Å². The van der Waals surface area contributed by atoms with Crippen molar-refractivity contribution in [3.05, 3.63) is 82.0 Å². The molecule has 1 N–H and O–H groups in total. The molecule has 0 saturated carbocycles. The summed E-state index contributed by atoms with van der Waals surface area (Å²) in [6.07, 6.45) is 8.44. The molecule has 3 aromatic rings. The predicted octanol–water partition coefficient (Wildman–Crippen LogP) is 1.90. The normalized spacial score (nSPS) is 13.0. The van der Waals surface area contributed by atoms with Gasteiger partial charge in [-0.2, -0.15) is 0 Å². The van der Waals surface area contributed by atoms with E-state index in [1.165, 1.54) is 35.9 Å². The van der Waals surface area contributed by atoms with Gasteiger partial charge in [0.1, 0.15) is 11.4 Å². The second-order valence-electron chi connectivity index (χ2n) is 7.71. The SMILES string of the molecule is CNC(=O)c1c2c(cn(-c3ccc(F)cc3)c1=O)CN(C(=O)CCCn1ccnc1)CC2. The number of hydrogen-bond donors (Lipinski definition) is 1. The maximum atomic E-state index is 13.4. The molecule has 166 valence electrons. The number of aryl methyl sites for hydroxylation is 1. The molecule has 0 unspecified atom stereocenters. The maximum absolute atomic E-state index is 13.4. The number of benzene rings is 1. The van der Waals surface area contributed by atoms with Crippen LogP contribution in [-0.2, 0) is 24.3 Å². The number of pyridine rings is 1. The van der Waals surface area contributed by atoms with E-state index in [-0.39, 0.29) is 11.5 Å². The Kier molecular flexibility index (Phi) is 6.16. The molecule has 9 heteroatoms. The Labute approximate surface area is 184 Å². The topological polar surface area (TPSA) is 89.2 Å². The van der Waals surface area contributed by atoms with Gasteiger partial charge >= 0.3 is 0 Å². The summed E-state index contributed by atoms with van der Waals surface area (Å²) < 4.78 is 16.6. The lowest BCUT2D eigenvalue weighted by Gasteiger charge is -2.30. The molecule has 2 amide bonds. The van der Waals surface area contributed by atoms with Crippen LogP contribution in [0.1, 0.15) is 34.3 Å². The van der Waals surface area contributed by atoms with E-state index in [9.17, 15) is 18.8 Å². The highest BCUT2D eigenvalue weighted by Crippen LogP contribution is 2.23. The second-order valence-corrected chi connectivity index (χ2v) is 7.71. The van der Waals surface area contributed by atoms with Crippen molar-refractivity contribution < 1.29 is 14.0 Å². The Bertz CT molecular complexity index is 1190. The molecule has 1 aromatic carbocycles. The summed E-state index contributed by atoms with van der Waals surface area (Å²) in [4.78, 5) is 44.2. The van der Waals surface area contributed by atoms with Gasteiger partial charge in [0.15, 0.2) is 0 Å². The lowest BCUT2D eigenvalue weighted by atomic mass is 9.95. The van der Waals surface area contributed by atoms with Gasteiger partial charge in [0, 0.05) is 57.4 Å². The number of nitrogens with one attached hydrogen (secondary N) is 1. The van der Waals surface area contributed by atoms with Gasteiger partial charge < -0.3 is 14.8 Å². The number of rotatable bonds is 6. The molecule has 0 atom stereocenters. The molecule has 0 spiro atoms. The van der Waals surface area contributed by atoms with Crippen molar-refractivity contribution in [2.24, 2.45) is 0 Å². The standard InChI is InChI=1S/C23H24FN5O3/c1-25-22(31)21-19-8-11-28(20(30)3-2-10-27-12-9-26-15-27)13-16(19)14-29(23(21)32)18-6-4-17(24)5-7-18/h4-7,9,12,14-15H,2-3,8,10-11,13H2,1H3,(H,25,31). The van der Waals surface area contributed by atoms with Gasteiger partial charge in [0.25, 0.3) is 11.5 Å². The number of amides is 2. The molecule has 0 radical (unpaired) electrons. The van der Waals surface area contributed by atoms with Gasteiger partial charge in [0.05, 0.1) is 6.33 Å². The molecule has 0 fully saturated rings. The first kappa shape index (κ1) is 21.5. The van der Waals surface area contributed by atoms with Gasteiger partial charge in [0.2, 0.25) is 5.91 Å². The van der Waals surface area contributed by atoms with Gasteiger partial charge in [-0.25, -0.2) is 9.37 Å². The van der Waals surface area contributed by atoms with E-state index in [0.29, 0.717) is 50.1 Å². The summed E-state index contributed by atoms with van der Waals surface area (Å²) >= 11 is 0. The summed E-state index contributed by atoms with van der Waals surface area (Å²) in [5.41, 5.74) is 1.46. The number of aromatic nitrogens is 3. The van der Waals surface area contributed by atoms with Crippen LogP contribution in [0.25, 0.3) is 5.69 Å². The van der Waals surface area contributed by atoms with E-state index in [4.69, 9.17) is 0 Å². The zero-order valence-electron chi connectivity index (χ0n) is 17.8. The molecule has 4 rings (SSSR count). The third kappa shape index (κ3) is 4.32. The van der Waals surface area contributed by atoms with Crippen LogP contribution in [0.4, 0.5) is 4.39 Å². The number of nitrogens with zero attached hydrogens (tertiary/aromatic N) is 4. The van der Waals surface area contributed by atoms with Crippen LogP contribution in [0.15, 0.2) is 54.0 Å². The first-order valence-corrected chi connectivity index (χ1v) is 10.5. The van der Waals surface area contributed by atoms with Crippen LogP contribution in [0.2, 0.25) is 0 Å². The first-order valence-electron chi connectivity index (χ1n) is 10.5. The fraction of sp³-hybridized carbons (Fsp3) is 0.304. The number of imidazole rings is 1. The number of hydrogen-bond acceptors (Lipinski definition) is 4. The van der Waals surface area contributed by atoms with Crippen molar-refractivity contribution in [3.8, 4) is 5.69 Å². The zero-order chi connectivity index (χ0) is 22.7. The highest BCUT2D eigenvalue weighted by atomic mass is 19.1. The Morgan fingerprint density at radius 3 is 2.69 bits per heavy atom. The number of halogens is 1. The molecule has 3 heterocycles.